The van der Waals surface area contributed by atoms with Crippen LogP contribution in [0.1, 0.15) is 24.8 Å². The molecule has 0 amide bonds. The van der Waals surface area contributed by atoms with Crippen molar-refractivity contribution in [2.45, 2.75) is 43.4 Å². The maximum atomic E-state index is 13.6. The minimum absolute atomic E-state index is 0.149. The highest BCUT2D eigenvalue weighted by molar-refractivity contribution is 7.86. The van der Waals surface area contributed by atoms with Crippen LogP contribution in [0.2, 0.25) is 0 Å². The van der Waals surface area contributed by atoms with E-state index in [0.717, 1.165) is 12.0 Å². The molecule has 2 aliphatic rings. The molecule has 5 heteroatoms. The molecule has 4 atom stereocenters. The van der Waals surface area contributed by atoms with Crippen molar-refractivity contribution >= 4 is 10.1 Å². The van der Waals surface area contributed by atoms with E-state index in [0.29, 0.717) is 18.8 Å². The Labute approximate surface area is 112 Å². The normalized spacial score (nSPS) is 33.8. The molecule has 0 unspecified atom stereocenters. The highest BCUT2D eigenvalue weighted by Crippen LogP contribution is 2.48. The summed E-state index contributed by atoms with van der Waals surface area (Å²) in [6.07, 6.45) is 0.595. The molecule has 0 heterocycles. The predicted octanol–water partition coefficient (Wildman–Crippen LogP) is 2.84. The van der Waals surface area contributed by atoms with Crippen LogP contribution in [0.15, 0.2) is 29.2 Å². The zero-order valence-corrected chi connectivity index (χ0v) is 11.6. The second-order valence-electron chi connectivity index (χ2n) is 5.65. The second-order valence-corrected chi connectivity index (χ2v) is 7.23. The van der Waals surface area contributed by atoms with Crippen LogP contribution in [-0.2, 0) is 14.3 Å². The van der Waals surface area contributed by atoms with Crippen LogP contribution in [0.25, 0.3) is 0 Å². The molecule has 0 saturated heterocycles. The Morgan fingerprint density at radius 1 is 1.16 bits per heavy atom. The number of hydrogen-bond acceptors (Lipinski definition) is 3. The molecule has 3 nitrogen and oxygen atoms in total. The van der Waals surface area contributed by atoms with Gasteiger partial charge in [-0.15, -0.1) is 0 Å². The van der Waals surface area contributed by atoms with E-state index in [-0.39, 0.29) is 10.8 Å². The molecule has 2 bridgehead atoms. The number of aryl methyl sites for hydroxylation is 1. The smallest absolute Gasteiger partial charge is 0.263 e. The summed E-state index contributed by atoms with van der Waals surface area (Å²) in [5.41, 5.74) is 0.989. The van der Waals surface area contributed by atoms with Gasteiger partial charge in [-0.3, -0.25) is 4.18 Å². The molecule has 2 aliphatic carbocycles. The third-order valence-corrected chi connectivity index (χ3v) is 5.58. The summed E-state index contributed by atoms with van der Waals surface area (Å²) in [5.74, 6) is 0.0449. The van der Waals surface area contributed by atoms with Gasteiger partial charge in [-0.25, -0.2) is 4.39 Å². The molecule has 3 rings (SSSR count). The molecule has 1 aromatic carbocycles. The zero-order chi connectivity index (χ0) is 13.6. The van der Waals surface area contributed by atoms with Crippen molar-refractivity contribution in [2.24, 2.45) is 11.8 Å². The average molecular weight is 284 g/mol. The molecule has 2 saturated carbocycles. The Morgan fingerprint density at radius 2 is 1.84 bits per heavy atom. The molecule has 0 radical (unpaired) electrons. The van der Waals surface area contributed by atoms with Crippen molar-refractivity contribution in [3.05, 3.63) is 29.8 Å². The average Bonchev–Trinajstić information content (AvgIpc) is 2.87. The van der Waals surface area contributed by atoms with Gasteiger partial charge in [0, 0.05) is 5.92 Å². The Hall–Kier alpha value is -0.940. The van der Waals surface area contributed by atoms with E-state index in [9.17, 15) is 12.8 Å². The first-order chi connectivity index (χ1) is 8.95. The third kappa shape index (κ3) is 2.41. The van der Waals surface area contributed by atoms with Crippen LogP contribution in [0.5, 0.6) is 0 Å². The minimum atomic E-state index is -3.77. The fourth-order valence-electron chi connectivity index (χ4n) is 3.24. The first-order valence-corrected chi connectivity index (χ1v) is 8.00. The van der Waals surface area contributed by atoms with Crippen molar-refractivity contribution in [3.63, 3.8) is 0 Å². The fraction of sp³-hybridized carbons (Fsp3) is 0.571. The molecular formula is C14H17FO3S. The van der Waals surface area contributed by atoms with E-state index in [1.165, 1.54) is 12.1 Å². The van der Waals surface area contributed by atoms with E-state index < -0.39 is 22.4 Å². The fourth-order valence-corrected chi connectivity index (χ4v) is 4.36. The lowest BCUT2D eigenvalue weighted by Gasteiger charge is -2.24. The van der Waals surface area contributed by atoms with Gasteiger partial charge in [0.1, 0.15) is 6.17 Å². The van der Waals surface area contributed by atoms with E-state index in [1.54, 1.807) is 12.1 Å². The summed E-state index contributed by atoms with van der Waals surface area (Å²) in [6, 6.07) is 6.53. The molecule has 0 aliphatic heterocycles. The first-order valence-electron chi connectivity index (χ1n) is 6.60. The van der Waals surface area contributed by atoms with Gasteiger partial charge in [0.05, 0.1) is 11.0 Å². The maximum Gasteiger partial charge on any atom is 0.297 e. The zero-order valence-electron chi connectivity index (χ0n) is 10.8. The number of hydrogen-bond donors (Lipinski definition) is 0. The van der Waals surface area contributed by atoms with Crippen molar-refractivity contribution in [3.8, 4) is 0 Å². The van der Waals surface area contributed by atoms with E-state index in [4.69, 9.17) is 4.18 Å². The van der Waals surface area contributed by atoms with Crippen molar-refractivity contribution in [2.75, 3.05) is 0 Å². The van der Waals surface area contributed by atoms with E-state index >= 15 is 0 Å². The molecule has 2 fully saturated rings. The number of benzene rings is 1. The molecule has 0 N–H and O–H groups in total. The molecule has 0 aromatic heterocycles. The van der Waals surface area contributed by atoms with Gasteiger partial charge in [0.15, 0.2) is 0 Å². The molecule has 19 heavy (non-hydrogen) atoms. The van der Waals surface area contributed by atoms with Crippen LogP contribution < -0.4 is 0 Å². The van der Waals surface area contributed by atoms with Crippen LogP contribution in [0, 0.1) is 18.8 Å². The third-order valence-electron chi connectivity index (χ3n) is 4.23. The quantitative estimate of drug-likeness (QED) is 0.802. The van der Waals surface area contributed by atoms with E-state index in [2.05, 4.69) is 0 Å². The second kappa shape index (κ2) is 4.56. The van der Waals surface area contributed by atoms with Crippen LogP contribution >= 0.6 is 0 Å². The first kappa shape index (κ1) is 13.1. The molecule has 104 valence electrons. The van der Waals surface area contributed by atoms with Gasteiger partial charge in [-0.1, -0.05) is 17.7 Å². The Balaban J connectivity index is 1.77. The van der Waals surface area contributed by atoms with Crippen LogP contribution in [0.4, 0.5) is 4.39 Å². The molecular weight excluding hydrogens is 267 g/mol. The van der Waals surface area contributed by atoms with Gasteiger partial charge in [-0.05, 0) is 44.2 Å². The lowest BCUT2D eigenvalue weighted by molar-refractivity contribution is 0.0875. The van der Waals surface area contributed by atoms with Gasteiger partial charge < -0.3 is 0 Å². The summed E-state index contributed by atoms with van der Waals surface area (Å²) in [5, 5.41) is 0. The van der Waals surface area contributed by atoms with Gasteiger partial charge in [0.25, 0.3) is 10.1 Å². The van der Waals surface area contributed by atoms with Gasteiger partial charge >= 0.3 is 0 Å². The van der Waals surface area contributed by atoms with Crippen LogP contribution in [-0.4, -0.2) is 20.7 Å². The summed E-state index contributed by atoms with van der Waals surface area (Å²) >= 11 is 0. The van der Waals surface area contributed by atoms with Crippen LogP contribution in [0.3, 0.4) is 0 Å². The molecule has 0 spiro atoms. The summed E-state index contributed by atoms with van der Waals surface area (Å²) in [7, 11) is -3.77. The Kier molecular flexibility index (Phi) is 3.14. The van der Waals surface area contributed by atoms with Gasteiger partial charge in [0.2, 0.25) is 0 Å². The lowest BCUT2D eigenvalue weighted by Crippen LogP contribution is -2.30. The SMILES string of the molecule is Cc1ccc(S(=O)(=O)O[C@@H]2C[C@@H]3C[C@@H]2[C@H](F)C3)cc1. The summed E-state index contributed by atoms with van der Waals surface area (Å²) in [6.45, 7) is 1.89. The number of halogens is 1. The largest absolute Gasteiger partial charge is 0.297 e. The topological polar surface area (TPSA) is 43.4 Å². The van der Waals surface area contributed by atoms with Crippen molar-refractivity contribution < 1.29 is 17.0 Å². The lowest BCUT2D eigenvalue weighted by atomic mass is 9.96. The Bertz CT molecular complexity index is 567. The van der Waals surface area contributed by atoms with E-state index in [1.807, 2.05) is 6.92 Å². The predicted molar refractivity (Wildman–Crippen MR) is 69.0 cm³/mol. The van der Waals surface area contributed by atoms with Crippen molar-refractivity contribution in [1.29, 1.82) is 0 Å². The summed E-state index contributed by atoms with van der Waals surface area (Å²) in [4.78, 5) is 0.149. The molecule has 1 aromatic rings. The minimum Gasteiger partial charge on any atom is -0.263 e. The number of alkyl halides is 1. The standard InChI is InChI=1S/C14H17FO3S/c1-9-2-4-11(5-3-9)19(16,17)18-14-8-10-6-12(14)13(15)7-10/h2-5,10,12-14H,6-8H2,1H3/t10-,12-,13-,14-/m1/s1. The highest BCUT2D eigenvalue weighted by atomic mass is 32.2. The highest BCUT2D eigenvalue weighted by Gasteiger charge is 2.48. The Morgan fingerprint density at radius 3 is 2.42 bits per heavy atom. The number of rotatable bonds is 3. The maximum absolute atomic E-state index is 13.6. The monoisotopic (exact) mass is 284 g/mol. The summed E-state index contributed by atoms with van der Waals surface area (Å²) < 4.78 is 43.2. The van der Waals surface area contributed by atoms with Gasteiger partial charge in [-0.2, -0.15) is 8.42 Å². The number of fused-ring (bicyclic) bond motifs is 2. The van der Waals surface area contributed by atoms with Crippen molar-refractivity contribution in [1.82, 2.24) is 0 Å².